The third kappa shape index (κ3) is 8.91. The summed E-state index contributed by atoms with van der Waals surface area (Å²) in [5, 5.41) is 15.3. The van der Waals surface area contributed by atoms with Crippen molar-refractivity contribution in [1.82, 2.24) is 15.5 Å². The van der Waals surface area contributed by atoms with Gasteiger partial charge in [0.1, 0.15) is 11.8 Å². The molecule has 3 amide bonds. The number of halogens is 2. The average Bonchev–Trinajstić information content (AvgIpc) is 2.95. The Hall–Kier alpha value is -3.21. The molecule has 3 N–H and O–H groups in total. The Morgan fingerprint density at radius 3 is 2.44 bits per heavy atom. The van der Waals surface area contributed by atoms with Gasteiger partial charge in [-0.3, -0.25) is 14.4 Å². The first-order chi connectivity index (χ1) is 18.7. The van der Waals surface area contributed by atoms with Crippen molar-refractivity contribution in [3.63, 3.8) is 0 Å². The molecule has 0 spiro atoms. The largest absolute Gasteiger partial charge is 0.484 e. The number of amides is 3. The molecule has 0 radical (unpaired) electrons. The van der Waals surface area contributed by atoms with Crippen LogP contribution in [0, 0.1) is 5.92 Å². The molecule has 1 fully saturated rings. The molecule has 0 aliphatic carbocycles. The molecule has 1 unspecified atom stereocenters. The summed E-state index contributed by atoms with van der Waals surface area (Å²) in [6.07, 6.45) is 5.68. The number of aliphatic carboxylic acids is 1. The van der Waals surface area contributed by atoms with Crippen LogP contribution in [0.4, 0.5) is 0 Å². The Bertz CT molecular complexity index is 1220. The van der Waals surface area contributed by atoms with E-state index in [-0.39, 0.29) is 19.1 Å². The summed E-state index contributed by atoms with van der Waals surface area (Å²) in [6, 6.07) is 11.1. The molecule has 9 nitrogen and oxygen atoms in total. The highest BCUT2D eigenvalue weighted by Crippen LogP contribution is 2.35. The van der Waals surface area contributed by atoms with Crippen molar-refractivity contribution < 1.29 is 29.0 Å². The summed E-state index contributed by atoms with van der Waals surface area (Å²) >= 11 is 14.0. The van der Waals surface area contributed by atoms with E-state index in [0.717, 1.165) is 4.90 Å². The maximum atomic E-state index is 12.7. The zero-order valence-corrected chi connectivity index (χ0v) is 23.5. The number of nitrogens with zero attached hydrogens (tertiary/aromatic N) is 1. The molecule has 0 bridgehead atoms. The van der Waals surface area contributed by atoms with Gasteiger partial charge in [-0.25, -0.2) is 4.79 Å². The number of carboxylic acid groups (broad SMARTS) is 1. The molecule has 2 aromatic rings. The Morgan fingerprint density at radius 1 is 1.10 bits per heavy atom. The molecule has 0 saturated carbocycles. The van der Waals surface area contributed by atoms with E-state index in [9.17, 15) is 24.3 Å². The predicted octanol–water partition coefficient (Wildman–Crippen LogP) is 3.73. The molecule has 39 heavy (non-hydrogen) atoms. The van der Waals surface area contributed by atoms with Crippen LogP contribution < -0.4 is 15.4 Å². The van der Waals surface area contributed by atoms with E-state index in [4.69, 9.17) is 27.9 Å². The number of hydrogen-bond acceptors (Lipinski definition) is 6. The maximum absolute atomic E-state index is 12.7. The van der Waals surface area contributed by atoms with E-state index >= 15 is 0 Å². The number of piperidine rings is 1. The van der Waals surface area contributed by atoms with Crippen LogP contribution in [-0.4, -0.2) is 72.2 Å². The van der Waals surface area contributed by atoms with Gasteiger partial charge in [-0.2, -0.15) is 0 Å². The number of thioether (sulfide) groups is 1. The van der Waals surface area contributed by atoms with Gasteiger partial charge in [0.2, 0.25) is 11.8 Å². The highest BCUT2D eigenvalue weighted by molar-refractivity contribution is 7.98. The lowest BCUT2D eigenvalue weighted by molar-refractivity contribution is -0.143. The summed E-state index contributed by atoms with van der Waals surface area (Å²) in [5.41, 5.74) is 0.625. The lowest BCUT2D eigenvalue weighted by Crippen LogP contribution is -2.52. The average molecular weight is 595 g/mol. The number of rotatable bonds is 11. The first-order valence-corrected chi connectivity index (χ1v) is 14.1. The molecule has 1 heterocycles. The van der Waals surface area contributed by atoms with Crippen molar-refractivity contribution in [1.29, 1.82) is 0 Å². The van der Waals surface area contributed by atoms with Crippen molar-refractivity contribution >= 4 is 64.7 Å². The monoisotopic (exact) mass is 593 g/mol. The highest BCUT2D eigenvalue weighted by Gasteiger charge is 2.30. The van der Waals surface area contributed by atoms with Crippen molar-refractivity contribution in [2.24, 2.45) is 5.92 Å². The summed E-state index contributed by atoms with van der Waals surface area (Å²) in [5.74, 6) is -2.38. The highest BCUT2D eigenvalue weighted by atomic mass is 35.5. The second-order valence-corrected chi connectivity index (χ2v) is 10.3. The van der Waals surface area contributed by atoms with E-state index < -0.39 is 29.7 Å². The second kappa shape index (κ2) is 14.8. The van der Waals surface area contributed by atoms with Crippen LogP contribution in [0.2, 0.25) is 10.0 Å². The van der Waals surface area contributed by atoms with Crippen molar-refractivity contribution in [3.05, 3.63) is 64.1 Å². The van der Waals surface area contributed by atoms with Gasteiger partial charge in [0, 0.05) is 36.5 Å². The number of hydrogen-bond donors (Lipinski definition) is 3. The van der Waals surface area contributed by atoms with Crippen LogP contribution in [0.1, 0.15) is 18.4 Å². The number of benzene rings is 2. The molecule has 1 aliphatic heterocycles. The van der Waals surface area contributed by atoms with E-state index in [1.807, 2.05) is 18.4 Å². The van der Waals surface area contributed by atoms with E-state index in [0.29, 0.717) is 47.3 Å². The molecule has 1 saturated heterocycles. The summed E-state index contributed by atoms with van der Waals surface area (Å²) in [6.45, 7) is 0.108. The van der Waals surface area contributed by atoms with Gasteiger partial charge >= 0.3 is 5.97 Å². The molecule has 208 valence electrons. The minimum Gasteiger partial charge on any atom is -0.484 e. The molecule has 0 aromatic heterocycles. The second-order valence-electron chi connectivity index (χ2n) is 8.72. The number of ether oxygens (including phenoxy) is 1. The Kier molecular flexibility index (Phi) is 11.5. The van der Waals surface area contributed by atoms with Crippen LogP contribution >= 0.6 is 35.0 Å². The number of carboxylic acids is 1. The predicted molar refractivity (Wildman–Crippen MR) is 151 cm³/mol. The number of likely N-dealkylation sites (tertiary alicyclic amines) is 1. The van der Waals surface area contributed by atoms with Crippen molar-refractivity contribution in [3.8, 4) is 5.75 Å². The molecule has 12 heteroatoms. The zero-order chi connectivity index (χ0) is 28.4. The van der Waals surface area contributed by atoms with Gasteiger partial charge in [-0.1, -0.05) is 47.5 Å². The van der Waals surface area contributed by atoms with Crippen molar-refractivity contribution in [2.45, 2.75) is 23.8 Å². The Labute approximate surface area is 240 Å². The van der Waals surface area contributed by atoms with E-state index in [2.05, 4.69) is 10.6 Å². The summed E-state index contributed by atoms with van der Waals surface area (Å²) < 4.78 is 5.33. The zero-order valence-electron chi connectivity index (χ0n) is 21.2. The molecular weight excluding hydrogens is 565 g/mol. The molecular formula is C27H29Cl2N3O6S. The van der Waals surface area contributed by atoms with Crippen LogP contribution in [0.15, 0.2) is 53.4 Å². The van der Waals surface area contributed by atoms with Gasteiger partial charge in [0.25, 0.3) is 5.91 Å². The number of nitrogens with one attached hydrogen (secondary N) is 2. The minimum atomic E-state index is -1.30. The quantitative estimate of drug-likeness (QED) is 0.268. The van der Waals surface area contributed by atoms with Gasteiger partial charge in [-0.05, 0) is 48.9 Å². The maximum Gasteiger partial charge on any atom is 0.328 e. The van der Waals surface area contributed by atoms with Gasteiger partial charge in [0.15, 0.2) is 6.61 Å². The van der Waals surface area contributed by atoms with E-state index in [1.165, 1.54) is 17.8 Å². The van der Waals surface area contributed by atoms with E-state index in [1.54, 1.807) is 41.3 Å². The van der Waals surface area contributed by atoms with Gasteiger partial charge in [0.05, 0.1) is 10.0 Å². The van der Waals surface area contributed by atoms with Crippen LogP contribution in [0.25, 0.3) is 6.08 Å². The Balaban J connectivity index is 1.45. The number of para-hydroxylation sites is 1. The molecule has 2 aromatic carbocycles. The summed E-state index contributed by atoms with van der Waals surface area (Å²) in [4.78, 5) is 51.5. The van der Waals surface area contributed by atoms with Crippen LogP contribution in [-0.2, 0) is 19.2 Å². The van der Waals surface area contributed by atoms with Gasteiger partial charge < -0.3 is 25.4 Å². The minimum absolute atomic E-state index is 0.223. The van der Waals surface area contributed by atoms with Crippen LogP contribution in [0.5, 0.6) is 5.75 Å². The third-order valence-corrected chi connectivity index (χ3v) is 7.90. The SMILES string of the molecule is CSc1ccc(C=CC(=O)N2CCC(C(=O)NC(CNC(=O)COc3ccccc3)C(=O)O)CC2)c(Cl)c1Cl. The fourth-order valence-corrected chi connectivity index (χ4v) is 5.06. The summed E-state index contributed by atoms with van der Waals surface area (Å²) in [7, 11) is 0. The lowest BCUT2D eigenvalue weighted by atomic mass is 9.95. The standard InChI is InChI=1S/C27H29Cl2N3O6S/c1-39-21-9-7-17(24(28)25(21)29)8-10-23(34)32-13-11-18(12-14-32)26(35)31-20(27(36)37)15-30-22(33)16-38-19-5-3-2-4-6-19/h2-10,18,20H,11-16H2,1H3,(H,30,33)(H,31,35)(H,36,37). The first-order valence-electron chi connectivity index (χ1n) is 12.2. The normalized spacial score (nSPS) is 14.6. The lowest BCUT2D eigenvalue weighted by Gasteiger charge is -2.31. The molecule has 3 rings (SSSR count). The fourth-order valence-electron chi connectivity index (χ4n) is 3.88. The fraction of sp³-hybridized carbons (Fsp3) is 0.333. The third-order valence-electron chi connectivity index (χ3n) is 6.11. The Morgan fingerprint density at radius 2 is 1.79 bits per heavy atom. The number of carbonyl (C=O) groups excluding carboxylic acids is 3. The molecule has 1 aliphatic rings. The first kappa shape index (κ1) is 30.3. The van der Waals surface area contributed by atoms with Gasteiger partial charge in [-0.15, -0.1) is 11.8 Å². The van der Waals surface area contributed by atoms with Crippen molar-refractivity contribution in [2.75, 3.05) is 32.5 Å². The molecule has 1 atom stereocenters. The smallest absolute Gasteiger partial charge is 0.328 e. The van der Waals surface area contributed by atoms with Crippen LogP contribution in [0.3, 0.4) is 0 Å². The topological polar surface area (TPSA) is 125 Å². The number of carbonyl (C=O) groups is 4.